The van der Waals surface area contributed by atoms with Gasteiger partial charge in [0, 0.05) is 47.0 Å². The minimum atomic E-state index is -4.53. The lowest BCUT2D eigenvalue weighted by Gasteiger charge is -2.27. The molecule has 1 unspecified atom stereocenters. The van der Waals surface area contributed by atoms with Crippen molar-refractivity contribution >= 4 is 28.8 Å². The summed E-state index contributed by atoms with van der Waals surface area (Å²) < 4.78 is 52.9. The fourth-order valence-electron chi connectivity index (χ4n) is 4.30. The van der Waals surface area contributed by atoms with Gasteiger partial charge in [0.05, 0.1) is 26.7 Å². The topological polar surface area (TPSA) is 80.1 Å². The standard InChI is InChI=1S/C22H22F3N5O3/c1-32-13-2-3-18-14(8-13)16(10-30(18)11-19(31)29-4-6-33-7-5-29)17-9-15-20(22(23,24)25)26-12-27-21(15)28-17/h2-3,8-10,12,21,28H,4-7,11H2,1H3,(H,26,27). The molecule has 4 heterocycles. The monoisotopic (exact) mass is 461 g/mol. The van der Waals surface area contributed by atoms with Crippen LogP contribution in [0.25, 0.3) is 16.6 Å². The number of morpholine rings is 1. The van der Waals surface area contributed by atoms with E-state index in [9.17, 15) is 18.0 Å². The Kier molecular flexibility index (Phi) is 5.28. The number of halogens is 3. The van der Waals surface area contributed by atoms with Gasteiger partial charge in [0.2, 0.25) is 5.91 Å². The molecule has 1 amide bonds. The van der Waals surface area contributed by atoms with Crippen molar-refractivity contribution < 1.29 is 27.4 Å². The van der Waals surface area contributed by atoms with E-state index in [0.29, 0.717) is 43.3 Å². The second-order valence-corrected chi connectivity index (χ2v) is 7.90. The third-order valence-electron chi connectivity index (χ3n) is 5.94. The number of carbonyl (C=O) groups is 1. The molecule has 0 spiro atoms. The molecule has 1 aromatic carbocycles. The first kappa shape index (κ1) is 21.4. The van der Waals surface area contributed by atoms with E-state index >= 15 is 0 Å². The molecule has 1 aromatic heterocycles. The number of fused-ring (bicyclic) bond motifs is 2. The summed E-state index contributed by atoms with van der Waals surface area (Å²) in [6, 6.07) is 5.44. The molecule has 0 saturated carbocycles. The molecule has 2 aromatic rings. The molecule has 0 bridgehead atoms. The summed E-state index contributed by atoms with van der Waals surface area (Å²) in [6.45, 7) is 2.18. The smallest absolute Gasteiger partial charge is 0.431 e. The van der Waals surface area contributed by atoms with Crippen LogP contribution in [0, 0.1) is 0 Å². The van der Waals surface area contributed by atoms with Gasteiger partial charge in [0.25, 0.3) is 0 Å². The summed E-state index contributed by atoms with van der Waals surface area (Å²) in [7, 11) is 1.54. The van der Waals surface area contributed by atoms with Gasteiger partial charge in [-0.2, -0.15) is 13.2 Å². The number of nitrogens with one attached hydrogen (secondary N) is 2. The summed E-state index contributed by atoms with van der Waals surface area (Å²) in [4.78, 5) is 18.7. The highest BCUT2D eigenvalue weighted by molar-refractivity contribution is 5.96. The van der Waals surface area contributed by atoms with Gasteiger partial charge in [-0.25, -0.2) is 4.99 Å². The Morgan fingerprint density at radius 3 is 2.82 bits per heavy atom. The predicted octanol–water partition coefficient (Wildman–Crippen LogP) is 2.23. The third kappa shape index (κ3) is 3.92. The number of benzene rings is 1. The average Bonchev–Trinajstić information content (AvgIpc) is 3.39. The number of hydrogen-bond donors (Lipinski definition) is 2. The van der Waals surface area contributed by atoms with Gasteiger partial charge in [0.1, 0.15) is 24.2 Å². The fourth-order valence-corrected chi connectivity index (χ4v) is 4.30. The zero-order valence-electron chi connectivity index (χ0n) is 17.8. The number of amides is 1. The van der Waals surface area contributed by atoms with Crippen LogP contribution in [0.3, 0.4) is 0 Å². The molecule has 0 aliphatic carbocycles. The molecule has 174 valence electrons. The molecule has 3 aliphatic rings. The SMILES string of the molecule is COc1ccc2c(c1)c(C1=CC3=C(C(F)(F)F)NC=NC3N1)cn2CC(=O)N1CCOCC1. The second kappa shape index (κ2) is 8.14. The van der Waals surface area contributed by atoms with Crippen molar-refractivity contribution in [1.29, 1.82) is 0 Å². The zero-order valence-corrected chi connectivity index (χ0v) is 17.8. The lowest BCUT2D eigenvalue weighted by Crippen LogP contribution is -2.42. The van der Waals surface area contributed by atoms with E-state index in [1.54, 1.807) is 24.3 Å². The number of methoxy groups -OCH3 is 1. The van der Waals surface area contributed by atoms with E-state index in [0.717, 1.165) is 17.2 Å². The lowest BCUT2D eigenvalue weighted by atomic mass is 10.1. The second-order valence-electron chi connectivity index (χ2n) is 7.90. The van der Waals surface area contributed by atoms with E-state index in [1.807, 2.05) is 16.7 Å². The number of nitrogens with zero attached hydrogens (tertiary/aromatic N) is 3. The van der Waals surface area contributed by atoms with Crippen molar-refractivity contribution in [2.75, 3.05) is 33.4 Å². The first-order chi connectivity index (χ1) is 15.8. The van der Waals surface area contributed by atoms with Crippen LogP contribution in [0.2, 0.25) is 0 Å². The normalized spacial score (nSPS) is 20.4. The average molecular weight is 461 g/mol. The van der Waals surface area contributed by atoms with E-state index in [2.05, 4.69) is 15.6 Å². The summed E-state index contributed by atoms with van der Waals surface area (Å²) in [5, 5.41) is 6.05. The van der Waals surface area contributed by atoms with Crippen molar-refractivity contribution in [2.45, 2.75) is 18.9 Å². The summed E-state index contributed by atoms with van der Waals surface area (Å²) in [5.74, 6) is 0.558. The summed E-state index contributed by atoms with van der Waals surface area (Å²) in [5.41, 5.74) is 1.12. The summed E-state index contributed by atoms with van der Waals surface area (Å²) in [6.07, 6.45) is -1.08. The molecule has 0 radical (unpaired) electrons. The molecule has 33 heavy (non-hydrogen) atoms. The van der Waals surface area contributed by atoms with Crippen LogP contribution in [0.1, 0.15) is 5.56 Å². The molecule has 5 rings (SSSR count). The van der Waals surface area contributed by atoms with Crippen LogP contribution in [0.15, 0.2) is 46.7 Å². The van der Waals surface area contributed by atoms with Crippen LogP contribution in [-0.2, 0) is 16.1 Å². The maximum absolute atomic E-state index is 13.5. The van der Waals surface area contributed by atoms with Crippen molar-refractivity contribution in [3.8, 4) is 5.75 Å². The Hall–Kier alpha value is -3.47. The largest absolute Gasteiger partial charge is 0.497 e. The number of ether oxygens (including phenoxy) is 2. The third-order valence-corrected chi connectivity index (χ3v) is 5.94. The number of carbonyl (C=O) groups excluding carboxylic acids is 1. The Balaban J connectivity index is 1.56. The number of hydrogen-bond acceptors (Lipinski definition) is 6. The van der Waals surface area contributed by atoms with E-state index in [4.69, 9.17) is 9.47 Å². The Bertz CT molecular complexity index is 1190. The van der Waals surface area contributed by atoms with Gasteiger partial charge in [-0.3, -0.25) is 4.79 Å². The van der Waals surface area contributed by atoms with Gasteiger partial charge in [-0.1, -0.05) is 0 Å². The van der Waals surface area contributed by atoms with Crippen molar-refractivity contribution in [1.82, 2.24) is 20.1 Å². The molecule has 1 fully saturated rings. The lowest BCUT2D eigenvalue weighted by molar-refractivity contribution is -0.135. The molecule has 1 saturated heterocycles. The number of allylic oxidation sites excluding steroid dienone is 1. The molecule has 3 aliphatic heterocycles. The minimum absolute atomic E-state index is 0.0215. The van der Waals surface area contributed by atoms with Gasteiger partial charge in [0.15, 0.2) is 0 Å². The zero-order chi connectivity index (χ0) is 23.2. The summed E-state index contributed by atoms with van der Waals surface area (Å²) >= 11 is 0. The van der Waals surface area contributed by atoms with Crippen molar-refractivity contribution in [2.24, 2.45) is 4.99 Å². The van der Waals surface area contributed by atoms with Crippen LogP contribution >= 0.6 is 0 Å². The first-order valence-corrected chi connectivity index (χ1v) is 10.5. The van der Waals surface area contributed by atoms with Gasteiger partial charge < -0.3 is 29.6 Å². The highest BCUT2D eigenvalue weighted by Crippen LogP contribution is 2.37. The fraction of sp³-hybridized carbons (Fsp3) is 0.364. The number of rotatable bonds is 4. The van der Waals surface area contributed by atoms with Gasteiger partial charge in [-0.15, -0.1) is 0 Å². The maximum atomic E-state index is 13.5. The van der Waals surface area contributed by atoms with Gasteiger partial charge >= 0.3 is 6.18 Å². The predicted molar refractivity (Wildman–Crippen MR) is 115 cm³/mol. The Morgan fingerprint density at radius 1 is 1.30 bits per heavy atom. The van der Waals surface area contributed by atoms with Gasteiger partial charge in [-0.05, 0) is 24.3 Å². The molecular formula is C22H22F3N5O3. The van der Waals surface area contributed by atoms with E-state index < -0.39 is 18.0 Å². The number of alkyl halides is 3. The highest BCUT2D eigenvalue weighted by Gasteiger charge is 2.41. The van der Waals surface area contributed by atoms with Crippen molar-refractivity contribution in [3.63, 3.8) is 0 Å². The number of aromatic nitrogens is 1. The maximum Gasteiger partial charge on any atom is 0.431 e. The van der Waals surface area contributed by atoms with Crippen LogP contribution in [0.4, 0.5) is 13.2 Å². The molecule has 11 heteroatoms. The van der Waals surface area contributed by atoms with E-state index in [-0.39, 0.29) is 18.0 Å². The van der Waals surface area contributed by atoms with Crippen LogP contribution in [-0.4, -0.2) is 67.5 Å². The number of aliphatic imine (C=N–C) groups is 1. The molecule has 2 N–H and O–H groups in total. The quantitative estimate of drug-likeness (QED) is 0.730. The minimum Gasteiger partial charge on any atom is -0.497 e. The molecule has 8 nitrogen and oxygen atoms in total. The molecular weight excluding hydrogens is 439 g/mol. The highest BCUT2D eigenvalue weighted by atomic mass is 19.4. The first-order valence-electron chi connectivity index (χ1n) is 10.5. The Labute approximate surface area is 187 Å². The Morgan fingerprint density at radius 2 is 2.09 bits per heavy atom. The van der Waals surface area contributed by atoms with Crippen LogP contribution in [0.5, 0.6) is 5.75 Å². The molecule has 1 atom stereocenters. The van der Waals surface area contributed by atoms with Crippen LogP contribution < -0.4 is 15.4 Å². The van der Waals surface area contributed by atoms with Crippen molar-refractivity contribution in [3.05, 3.63) is 47.3 Å². The van der Waals surface area contributed by atoms with E-state index in [1.165, 1.54) is 6.08 Å².